The van der Waals surface area contributed by atoms with Crippen LogP contribution in [-0.4, -0.2) is 37.4 Å². The van der Waals surface area contributed by atoms with E-state index in [-0.39, 0.29) is 37.7 Å². The van der Waals surface area contributed by atoms with Crippen molar-refractivity contribution in [3.63, 3.8) is 0 Å². The van der Waals surface area contributed by atoms with Crippen LogP contribution in [0.25, 0.3) is 78.6 Å². The van der Waals surface area contributed by atoms with Crippen LogP contribution in [0.4, 0.5) is 0 Å². The predicted octanol–water partition coefficient (Wildman–Crippen LogP) is 10.1. The molecule has 1 radical (unpaired) electrons. The Labute approximate surface area is 335 Å². The quantitative estimate of drug-likeness (QED) is 0.0710. The molecule has 8 rings (SSSR count). The molecule has 261 valence electrons. The summed E-state index contributed by atoms with van der Waals surface area (Å²) in [6.07, 6.45) is 7.45. The van der Waals surface area contributed by atoms with Crippen molar-refractivity contribution < 1.29 is 17.1 Å². The topological polar surface area (TPSA) is 131 Å². The summed E-state index contributed by atoms with van der Waals surface area (Å²) in [5, 5.41) is 11.0. The predicted molar refractivity (Wildman–Crippen MR) is 208 cm³/mol. The third-order valence-corrected chi connectivity index (χ3v) is 10.3. The van der Waals surface area contributed by atoms with Crippen LogP contribution in [0.5, 0.6) is 0 Å². The molecule has 0 spiro atoms. The average Bonchev–Trinajstić information content (AvgIpc) is 3.96. The molecule has 0 atom stereocenters. The maximum atomic E-state index is 9.52. The van der Waals surface area contributed by atoms with Crippen molar-refractivity contribution in [1.29, 1.82) is 5.26 Å². The minimum absolute atomic E-state index is 0. The molecule has 0 fully saturated rings. The van der Waals surface area contributed by atoms with Gasteiger partial charge in [-0.15, -0.1) is 22.1 Å². The first-order chi connectivity index (χ1) is 24.8. The number of benzene rings is 1. The van der Waals surface area contributed by atoms with E-state index < -0.39 is 0 Å². The maximum Gasteiger partial charge on any atom is 0.190 e. The summed E-state index contributed by atoms with van der Waals surface area (Å²) in [6.45, 7) is 0. The zero-order valence-electron chi connectivity index (χ0n) is 26.6. The van der Waals surface area contributed by atoms with E-state index in [9.17, 15) is 5.26 Å². The number of halogens is 4. The average molecular weight is 846 g/mol. The van der Waals surface area contributed by atoms with Gasteiger partial charge in [0.05, 0.1) is 34.1 Å². The van der Waals surface area contributed by atoms with Crippen molar-refractivity contribution in [2.24, 2.45) is 0 Å². The molecule has 1 aliphatic rings. The van der Waals surface area contributed by atoms with Crippen molar-refractivity contribution in [3.05, 3.63) is 98.2 Å². The standard InChI is InChI=1S/C36H18Cl4N9S2.Cu/c1-50-35-46-31(37)29(32(38)47-35)27-22-9-7-18(42-22)19-8-10-23(43-19)28(30-33(39)48-36(51-2)49-34(30)40)25-14-12-21(45-25)26(20-11-13-24(27)44-20)17-5-3-16(15-41)4-6-17;/h3-14H,1-2H3;/q-3;. The Hall–Kier alpha value is -4.02. The first-order valence-corrected chi connectivity index (χ1v) is 19.0. The van der Waals surface area contributed by atoms with Crippen molar-refractivity contribution >= 4 is 115 Å². The summed E-state index contributed by atoms with van der Waals surface area (Å²) in [5.41, 5.74) is 8.45. The number of rotatable bonds is 5. The molecule has 7 heterocycles. The number of nitrogens with zero attached hydrogens (tertiary/aromatic N) is 9. The van der Waals surface area contributed by atoms with Gasteiger partial charge in [-0.3, -0.25) is 0 Å². The van der Waals surface area contributed by atoms with Crippen LogP contribution in [0.3, 0.4) is 0 Å². The van der Waals surface area contributed by atoms with Crippen LogP contribution in [0.15, 0.2) is 71.0 Å². The molecule has 1 aromatic carbocycles. The third-order valence-electron chi connectivity index (χ3n) is 8.13. The first-order valence-electron chi connectivity index (χ1n) is 15.0. The van der Waals surface area contributed by atoms with Gasteiger partial charge in [0.1, 0.15) is 20.6 Å². The normalized spacial score (nSPS) is 11.6. The second-order valence-electron chi connectivity index (χ2n) is 11.0. The fourth-order valence-corrected chi connectivity index (χ4v) is 7.94. The van der Waals surface area contributed by atoms with E-state index in [0.717, 1.165) is 5.56 Å². The van der Waals surface area contributed by atoms with E-state index in [1.165, 1.54) is 23.5 Å². The minimum atomic E-state index is 0. The fourth-order valence-electron chi connectivity index (χ4n) is 5.86. The SMILES string of the molecule is CSc1nc(Cl)c(-c2c3nc(c(-c4ccc(C#N)cc4)c4ccc([n-]4)c(-c4c(Cl)nc(SC)nc4Cl)c4ccc([n-]4)c4ccc2[n-]4)C=C3)c(Cl)n1.[Cu]. The summed E-state index contributed by atoms with van der Waals surface area (Å²) in [4.78, 5) is 38.1. The Bertz CT molecular complexity index is 2710. The zero-order chi connectivity index (χ0) is 35.4. The number of fused-ring (bicyclic) bond motifs is 9. The van der Waals surface area contributed by atoms with E-state index in [2.05, 4.69) is 26.0 Å². The van der Waals surface area contributed by atoms with E-state index in [4.69, 9.17) is 66.3 Å². The van der Waals surface area contributed by atoms with Gasteiger partial charge in [0.2, 0.25) is 0 Å². The van der Waals surface area contributed by atoms with Gasteiger partial charge in [0.15, 0.2) is 10.3 Å². The van der Waals surface area contributed by atoms with Crippen LogP contribution in [-0.2, 0) is 17.1 Å². The van der Waals surface area contributed by atoms with Gasteiger partial charge in [-0.25, -0.2) is 24.9 Å². The Morgan fingerprint density at radius 3 is 1.35 bits per heavy atom. The van der Waals surface area contributed by atoms with E-state index in [1.54, 1.807) is 12.1 Å². The number of hydrogen-bond acceptors (Lipinski definition) is 8. The van der Waals surface area contributed by atoms with Gasteiger partial charge in [0, 0.05) is 17.1 Å². The Kier molecular flexibility index (Phi) is 10.3. The molecule has 52 heavy (non-hydrogen) atoms. The molecule has 0 unspecified atom stereocenters. The molecular weight excluding hydrogens is 828 g/mol. The molecule has 1 aliphatic heterocycles. The van der Waals surface area contributed by atoms with Crippen LogP contribution in [0.1, 0.15) is 17.0 Å². The zero-order valence-corrected chi connectivity index (χ0v) is 32.2. The van der Waals surface area contributed by atoms with Gasteiger partial charge in [-0.1, -0.05) is 118 Å². The maximum absolute atomic E-state index is 9.52. The van der Waals surface area contributed by atoms with Gasteiger partial charge < -0.3 is 15.0 Å². The molecule has 9 nitrogen and oxygen atoms in total. The molecule has 0 aliphatic carbocycles. The number of nitriles is 1. The molecule has 6 aromatic heterocycles. The molecule has 0 saturated carbocycles. The van der Waals surface area contributed by atoms with Gasteiger partial charge in [-0.2, -0.15) is 16.3 Å². The van der Waals surface area contributed by atoms with E-state index in [0.29, 0.717) is 88.2 Å². The Morgan fingerprint density at radius 2 is 0.885 bits per heavy atom. The molecular formula is C36H18Cl4CuN9S2-3. The monoisotopic (exact) mass is 843 g/mol. The summed E-state index contributed by atoms with van der Waals surface area (Å²) in [5.74, 6) is 0. The van der Waals surface area contributed by atoms with E-state index in [1.807, 2.05) is 73.2 Å². The fraction of sp³-hybridized carbons (Fsp3) is 0.0556. The number of hydrogen-bond donors (Lipinski definition) is 0. The summed E-state index contributed by atoms with van der Waals surface area (Å²) >= 11 is 29.9. The van der Waals surface area contributed by atoms with Crippen molar-refractivity contribution in [2.75, 3.05) is 12.5 Å². The van der Waals surface area contributed by atoms with Crippen LogP contribution in [0.2, 0.25) is 20.6 Å². The van der Waals surface area contributed by atoms with Gasteiger partial charge in [-0.05, 0) is 59.1 Å². The second kappa shape index (κ2) is 14.8. The molecule has 0 N–H and O–H groups in total. The first kappa shape index (κ1) is 36.3. The van der Waals surface area contributed by atoms with E-state index >= 15 is 0 Å². The summed E-state index contributed by atoms with van der Waals surface area (Å²) < 4.78 is 0. The number of aromatic nitrogens is 8. The second-order valence-corrected chi connectivity index (χ2v) is 14.0. The minimum Gasteiger partial charge on any atom is -0.658 e. The summed E-state index contributed by atoms with van der Waals surface area (Å²) in [6, 6.07) is 20.6. The Morgan fingerprint density at radius 1 is 0.500 bits per heavy atom. The van der Waals surface area contributed by atoms with Crippen LogP contribution < -0.4 is 15.0 Å². The largest absolute Gasteiger partial charge is 0.658 e. The van der Waals surface area contributed by atoms with Crippen molar-refractivity contribution in [2.45, 2.75) is 10.3 Å². The molecule has 16 heteroatoms. The van der Waals surface area contributed by atoms with Gasteiger partial charge in [0.25, 0.3) is 0 Å². The van der Waals surface area contributed by atoms with Crippen LogP contribution >= 0.6 is 69.9 Å². The number of thioether (sulfide) groups is 2. The molecule has 0 amide bonds. The molecule has 8 bridgehead atoms. The smallest absolute Gasteiger partial charge is 0.190 e. The Balaban J connectivity index is 0.00000420. The van der Waals surface area contributed by atoms with Crippen molar-refractivity contribution in [1.82, 2.24) is 39.9 Å². The summed E-state index contributed by atoms with van der Waals surface area (Å²) in [7, 11) is 0. The molecule has 7 aromatic rings. The van der Waals surface area contributed by atoms with Gasteiger partial charge >= 0.3 is 0 Å². The van der Waals surface area contributed by atoms with Crippen LogP contribution in [0, 0.1) is 11.3 Å². The molecule has 0 saturated heterocycles. The van der Waals surface area contributed by atoms with Crippen molar-refractivity contribution in [3.8, 4) is 39.4 Å². The third kappa shape index (κ3) is 6.46.